The highest BCUT2D eigenvalue weighted by Gasteiger charge is 2.31. The molecule has 0 atom stereocenters. The quantitative estimate of drug-likeness (QED) is 0.664. The minimum absolute atomic E-state index is 0.266. The molecule has 4 heteroatoms. The summed E-state index contributed by atoms with van der Waals surface area (Å²) in [7, 11) is 0. The van der Waals surface area contributed by atoms with Crippen molar-refractivity contribution < 1.29 is 0 Å². The third-order valence-electron chi connectivity index (χ3n) is 3.45. The van der Waals surface area contributed by atoms with Crippen LogP contribution < -0.4 is 0 Å². The fourth-order valence-electron chi connectivity index (χ4n) is 2.30. The largest absolute Gasteiger partial charge is 0.263 e. The monoisotopic (exact) mass is 371 g/mol. The maximum atomic E-state index is 6.28. The molecule has 0 radical (unpaired) electrons. The Kier molecular flexibility index (Phi) is 5.48. The van der Waals surface area contributed by atoms with E-state index in [1.165, 1.54) is 11.1 Å². The predicted molar refractivity (Wildman–Crippen MR) is 89.9 cm³/mol. The highest BCUT2D eigenvalue weighted by Crippen LogP contribution is 2.32. The van der Waals surface area contributed by atoms with E-state index in [4.69, 9.17) is 23.2 Å². The van der Waals surface area contributed by atoms with E-state index in [1.54, 1.807) is 6.20 Å². The molecular formula is C16H16BrCl2N. The Hall–Kier alpha value is -0.570. The topological polar surface area (TPSA) is 12.9 Å². The smallest absolute Gasteiger partial charge is 0.0410 e. The molecule has 0 saturated heterocycles. The maximum Gasteiger partial charge on any atom is 0.0410 e. The number of halogens is 3. The molecule has 0 N–H and O–H groups in total. The summed E-state index contributed by atoms with van der Waals surface area (Å²) >= 11 is 16.0. The molecule has 2 rings (SSSR count). The number of pyridine rings is 1. The van der Waals surface area contributed by atoms with E-state index in [1.807, 2.05) is 6.20 Å². The lowest BCUT2D eigenvalue weighted by Gasteiger charge is -2.30. The number of aromatic nitrogens is 1. The van der Waals surface area contributed by atoms with Crippen LogP contribution in [0.5, 0.6) is 0 Å². The van der Waals surface area contributed by atoms with Crippen molar-refractivity contribution in [3.8, 4) is 0 Å². The van der Waals surface area contributed by atoms with E-state index >= 15 is 0 Å². The number of rotatable bonds is 5. The van der Waals surface area contributed by atoms with Crippen molar-refractivity contribution in [1.82, 2.24) is 4.98 Å². The summed E-state index contributed by atoms with van der Waals surface area (Å²) in [5.74, 6) is 0.957. The first kappa shape index (κ1) is 15.8. The molecule has 0 unspecified atom stereocenters. The molecule has 2 aromatic rings. The van der Waals surface area contributed by atoms with Crippen LogP contribution in [0.1, 0.15) is 16.7 Å². The molecule has 106 valence electrons. The lowest BCUT2D eigenvalue weighted by molar-refractivity contribution is 0.535. The van der Waals surface area contributed by atoms with Crippen LogP contribution in [-0.2, 0) is 11.8 Å². The molecule has 0 aliphatic carbocycles. The van der Waals surface area contributed by atoms with Gasteiger partial charge in [-0.3, -0.25) is 4.98 Å². The predicted octanol–water partition coefficient (Wildman–Crippen LogP) is 5.11. The fraction of sp³-hybridized carbons (Fsp3) is 0.312. The van der Waals surface area contributed by atoms with Gasteiger partial charge in [0.1, 0.15) is 0 Å². The molecule has 0 bridgehead atoms. The summed E-state index contributed by atoms with van der Waals surface area (Å²) in [6.45, 7) is 2.08. The van der Waals surface area contributed by atoms with E-state index in [0.29, 0.717) is 11.8 Å². The first-order chi connectivity index (χ1) is 9.59. The molecule has 0 aliphatic rings. The van der Waals surface area contributed by atoms with Crippen molar-refractivity contribution >= 4 is 39.1 Å². The van der Waals surface area contributed by atoms with Crippen molar-refractivity contribution in [3.05, 3.63) is 63.9 Å². The van der Waals surface area contributed by atoms with Gasteiger partial charge in [0.05, 0.1) is 0 Å². The highest BCUT2D eigenvalue weighted by atomic mass is 79.9. The summed E-state index contributed by atoms with van der Waals surface area (Å²) in [6, 6.07) is 10.5. The van der Waals surface area contributed by atoms with E-state index in [2.05, 4.69) is 58.2 Å². The van der Waals surface area contributed by atoms with Gasteiger partial charge in [-0.1, -0.05) is 29.8 Å². The summed E-state index contributed by atoms with van der Waals surface area (Å²) < 4.78 is 0.970. The SMILES string of the molecule is Cc1cccc(C(CCl)(CCl)Cc2cncc(Br)c2)c1. The molecule has 0 amide bonds. The van der Waals surface area contributed by atoms with Crippen LogP contribution >= 0.6 is 39.1 Å². The molecule has 0 aliphatic heterocycles. The average molecular weight is 373 g/mol. The Bertz CT molecular complexity index is 582. The zero-order valence-corrected chi connectivity index (χ0v) is 14.3. The summed E-state index contributed by atoms with van der Waals surface area (Å²) in [4.78, 5) is 4.22. The van der Waals surface area contributed by atoms with Crippen LogP contribution in [0.4, 0.5) is 0 Å². The van der Waals surface area contributed by atoms with Crippen molar-refractivity contribution in [2.45, 2.75) is 18.8 Å². The second kappa shape index (κ2) is 6.93. The van der Waals surface area contributed by atoms with E-state index in [9.17, 15) is 0 Å². The van der Waals surface area contributed by atoms with Gasteiger partial charge in [-0.25, -0.2) is 0 Å². The molecule has 0 saturated carbocycles. The van der Waals surface area contributed by atoms with Gasteiger partial charge in [0.15, 0.2) is 0 Å². The number of hydrogen-bond donors (Lipinski definition) is 0. The molecule has 20 heavy (non-hydrogen) atoms. The zero-order chi connectivity index (χ0) is 14.6. The molecule has 1 nitrogen and oxygen atoms in total. The Morgan fingerprint density at radius 1 is 1.15 bits per heavy atom. The first-order valence-electron chi connectivity index (χ1n) is 6.38. The molecule has 0 fully saturated rings. The minimum atomic E-state index is -0.266. The van der Waals surface area contributed by atoms with Gasteiger partial charge in [0.2, 0.25) is 0 Å². The van der Waals surface area contributed by atoms with Crippen LogP contribution in [0.15, 0.2) is 47.2 Å². The first-order valence-corrected chi connectivity index (χ1v) is 8.24. The number of benzene rings is 1. The lowest BCUT2D eigenvalue weighted by Crippen LogP contribution is -2.33. The summed E-state index contributed by atoms with van der Waals surface area (Å²) in [5.41, 5.74) is 3.26. The number of hydrogen-bond acceptors (Lipinski definition) is 1. The highest BCUT2D eigenvalue weighted by molar-refractivity contribution is 9.10. The number of nitrogens with zero attached hydrogens (tertiary/aromatic N) is 1. The molecule has 0 spiro atoms. The van der Waals surface area contributed by atoms with Gasteiger partial charge in [0, 0.05) is 34.0 Å². The number of aryl methyl sites for hydroxylation is 1. The average Bonchev–Trinajstić information content (AvgIpc) is 2.45. The third-order valence-corrected chi connectivity index (χ3v) is 4.90. The van der Waals surface area contributed by atoms with Crippen LogP contribution in [0.3, 0.4) is 0 Å². The van der Waals surface area contributed by atoms with Gasteiger partial charge in [-0.05, 0) is 46.5 Å². The maximum absolute atomic E-state index is 6.28. The standard InChI is InChI=1S/C16H16BrCl2N/c1-12-3-2-4-14(5-12)16(10-18,11-19)7-13-6-15(17)9-20-8-13/h2-6,8-9H,7,10-11H2,1H3. The normalized spacial score (nSPS) is 11.6. The molecular weight excluding hydrogens is 357 g/mol. The zero-order valence-electron chi connectivity index (χ0n) is 11.2. The van der Waals surface area contributed by atoms with Gasteiger partial charge in [-0.15, -0.1) is 23.2 Å². The second-order valence-corrected chi connectivity index (χ2v) is 6.56. The Labute approximate surface area is 138 Å². The van der Waals surface area contributed by atoms with Crippen molar-refractivity contribution in [2.75, 3.05) is 11.8 Å². The third kappa shape index (κ3) is 3.55. The summed E-state index contributed by atoms with van der Waals surface area (Å²) in [6.07, 6.45) is 4.42. The molecule has 1 aromatic heterocycles. The van der Waals surface area contributed by atoms with Crippen LogP contribution in [0.25, 0.3) is 0 Å². The van der Waals surface area contributed by atoms with Gasteiger partial charge in [0.25, 0.3) is 0 Å². The van der Waals surface area contributed by atoms with Crippen molar-refractivity contribution in [1.29, 1.82) is 0 Å². The Morgan fingerprint density at radius 3 is 2.50 bits per heavy atom. The van der Waals surface area contributed by atoms with Crippen LogP contribution in [0.2, 0.25) is 0 Å². The van der Waals surface area contributed by atoms with Gasteiger partial charge < -0.3 is 0 Å². The Balaban J connectivity index is 2.39. The van der Waals surface area contributed by atoms with Crippen molar-refractivity contribution in [2.24, 2.45) is 0 Å². The van der Waals surface area contributed by atoms with E-state index in [0.717, 1.165) is 16.5 Å². The minimum Gasteiger partial charge on any atom is -0.263 e. The van der Waals surface area contributed by atoms with E-state index in [-0.39, 0.29) is 5.41 Å². The molecule has 1 heterocycles. The fourth-order valence-corrected chi connectivity index (χ4v) is 3.50. The van der Waals surface area contributed by atoms with Gasteiger partial charge in [-0.2, -0.15) is 0 Å². The summed E-state index contributed by atoms with van der Waals surface area (Å²) in [5, 5.41) is 0. The van der Waals surface area contributed by atoms with Crippen LogP contribution in [-0.4, -0.2) is 16.7 Å². The van der Waals surface area contributed by atoms with Gasteiger partial charge >= 0.3 is 0 Å². The Morgan fingerprint density at radius 2 is 1.90 bits per heavy atom. The van der Waals surface area contributed by atoms with Crippen molar-refractivity contribution in [3.63, 3.8) is 0 Å². The van der Waals surface area contributed by atoms with E-state index < -0.39 is 0 Å². The number of alkyl halides is 2. The van der Waals surface area contributed by atoms with Crippen LogP contribution in [0, 0.1) is 6.92 Å². The second-order valence-electron chi connectivity index (χ2n) is 5.11. The molecule has 1 aromatic carbocycles. The lowest BCUT2D eigenvalue weighted by atomic mass is 9.78.